The van der Waals surface area contributed by atoms with Crippen LogP contribution < -0.4 is 11.1 Å². The maximum Gasteiger partial charge on any atom is 0.253 e. The highest BCUT2D eigenvalue weighted by Gasteiger charge is 2.44. The smallest absolute Gasteiger partial charge is 0.253 e. The Balaban J connectivity index is 2.04. The van der Waals surface area contributed by atoms with E-state index < -0.39 is 5.54 Å². The summed E-state index contributed by atoms with van der Waals surface area (Å²) in [6, 6.07) is 6.83. The average Bonchev–Trinajstić information content (AvgIpc) is 3.23. The molecule has 0 radical (unpaired) electrons. The van der Waals surface area contributed by atoms with E-state index in [0.717, 1.165) is 12.8 Å². The molecule has 0 aromatic heterocycles. The SMILES string of the molecule is CN(C)C(=O)c1ccc(NC(=O)C(C)(N)C2CC2)cc1. The number of anilines is 1. The lowest BCUT2D eigenvalue weighted by molar-refractivity contribution is -0.121. The zero-order chi connectivity index (χ0) is 14.9. The van der Waals surface area contributed by atoms with E-state index in [0.29, 0.717) is 11.3 Å². The molecule has 5 heteroatoms. The molecule has 0 heterocycles. The molecule has 1 aliphatic carbocycles. The van der Waals surface area contributed by atoms with Crippen LogP contribution >= 0.6 is 0 Å². The van der Waals surface area contributed by atoms with Crippen LogP contribution in [0.4, 0.5) is 5.69 Å². The van der Waals surface area contributed by atoms with Gasteiger partial charge in [-0.25, -0.2) is 0 Å². The van der Waals surface area contributed by atoms with Gasteiger partial charge in [-0.1, -0.05) is 0 Å². The topological polar surface area (TPSA) is 75.4 Å². The molecule has 1 atom stereocenters. The molecule has 2 amide bonds. The molecular formula is C15H21N3O2. The zero-order valence-electron chi connectivity index (χ0n) is 12.1. The first-order chi connectivity index (χ1) is 9.32. The maximum absolute atomic E-state index is 12.1. The van der Waals surface area contributed by atoms with Crippen LogP contribution in [0.5, 0.6) is 0 Å². The summed E-state index contributed by atoms with van der Waals surface area (Å²) in [7, 11) is 3.40. The van der Waals surface area contributed by atoms with E-state index in [2.05, 4.69) is 5.32 Å². The number of carbonyl (C=O) groups is 2. The quantitative estimate of drug-likeness (QED) is 0.873. The van der Waals surface area contributed by atoms with Gasteiger partial charge in [0.15, 0.2) is 0 Å². The molecule has 2 rings (SSSR count). The molecule has 3 N–H and O–H groups in total. The Labute approximate surface area is 119 Å². The fourth-order valence-corrected chi connectivity index (χ4v) is 2.09. The largest absolute Gasteiger partial charge is 0.345 e. The maximum atomic E-state index is 12.1. The van der Waals surface area contributed by atoms with Crippen molar-refractivity contribution in [3.8, 4) is 0 Å². The predicted molar refractivity (Wildman–Crippen MR) is 78.4 cm³/mol. The molecule has 0 aliphatic heterocycles. The summed E-state index contributed by atoms with van der Waals surface area (Å²) >= 11 is 0. The summed E-state index contributed by atoms with van der Waals surface area (Å²) in [4.78, 5) is 25.4. The Morgan fingerprint density at radius 2 is 1.80 bits per heavy atom. The zero-order valence-corrected chi connectivity index (χ0v) is 12.1. The molecule has 1 saturated carbocycles. The van der Waals surface area contributed by atoms with Gasteiger partial charge in [-0.15, -0.1) is 0 Å². The highest BCUT2D eigenvalue weighted by atomic mass is 16.2. The summed E-state index contributed by atoms with van der Waals surface area (Å²) in [5, 5.41) is 2.81. The first kappa shape index (κ1) is 14.5. The van der Waals surface area contributed by atoms with Gasteiger partial charge in [-0.2, -0.15) is 0 Å². The lowest BCUT2D eigenvalue weighted by atomic mass is 9.96. The standard InChI is InChI=1S/C15H21N3O2/c1-15(16,11-6-7-11)14(20)17-12-8-4-10(5-9-12)13(19)18(2)3/h4-5,8-9,11H,6-7,16H2,1-3H3,(H,17,20). The van der Waals surface area contributed by atoms with Crippen LogP contribution in [0.1, 0.15) is 30.1 Å². The van der Waals surface area contributed by atoms with Crippen LogP contribution in [0.15, 0.2) is 24.3 Å². The van der Waals surface area contributed by atoms with Crippen molar-refractivity contribution in [1.29, 1.82) is 0 Å². The van der Waals surface area contributed by atoms with Crippen LogP contribution in [-0.2, 0) is 4.79 Å². The highest BCUT2D eigenvalue weighted by Crippen LogP contribution is 2.38. The van der Waals surface area contributed by atoms with Gasteiger partial charge in [-0.05, 0) is 49.9 Å². The lowest BCUT2D eigenvalue weighted by Crippen LogP contribution is -2.50. The number of benzene rings is 1. The Morgan fingerprint density at radius 3 is 2.25 bits per heavy atom. The second-order valence-corrected chi connectivity index (χ2v) is 5.79. The minimum Gasteiger partial charge on any atom is -0.345 e. The van der Waals surface area contributed by atoms with E-state index in [-0.39, 0.29) is 17.7 Å². The molecule has 1 fully saturated rings. The van der Waals surface area contributed by atoms with Crippen LogP contribution in [-0.4, -0.2) is 36.3 Å². The predicted octanol–water partition coefficient (Wildman–Crippen LogP) is 1.45. The van der Waals surface area contributed by atoms with Gasteiger partial charge < -0.3 is 16.0 Å². The van der Waals surface area contributed by atoms with Gasteiger partial charge in [-0.3, -0.25) is 9.59 Å². The van der Waals surface area contributed by atoms with Crippen molar-refractivity contribution in [2.45, 2.75) is 25.3 Å². The third-order valence-corrected chi connectivity index (χ3v) is 3.71. The second-order valence-electron chi connectivity index (χ2n) is 5.79. The van der Waals surface area contributed by atoms with Gasteiger partial charge in [0, 0.05) is 25.3 Å². The van der Waals surface area contributed by atoms with E-state index in [9.17, 15) is 9.59 Å². The third-order valence-electron chi connectivity index (χ3n) is 3.71. The van der Waals surface area contributed by atoms with Gasteiger partial charge in [0.05, 0.1) is 5.54 Å². The molecule has 1 aromatic rings. The second kappa shape index (κ2) is 5.25. The number of rotatable bonds is 4. The Kier molecular flexibility index (Phi) is 3.81. The van der Waals surface area contributed by atoms with Gasteiger partial charge in [0.2, 0.25) is 5.91 Å². The highest BCUT2D eigenvalue weighted by molar-refractivity contribution is 5.99. The number of nitrogens with one attached hydrogen (secondary N) is 1. The van der Waals surface area contributed by atoms with Crippen LogP contribution in [0.25, 0.3) is 0 Å². The van der Waals surface area contributed by atoms with E-state index >= 15 is 0 Å². The Morgan fingerprint density at radius 1 is 1.25 bits per heavy atom. The number of nitrogens with zero attached hydrogens (tertiary/aromatic N) is 1. The van der Waals surface area contributed by atoms with E-state index in [1.54, 1.807) is 45.3 Å². The van der Waals surface area contributed by atoms with Crippen LogP contribution in [0, 0.1) is 5.92 Å². The Bertz CT molecular complexity index is 516. The van der Waals surface area contributed by atoms with Crippen molar-refractivity contribution in [2.24, 2.45) is 11.7 Å². The van der Waals surface area contributed by atoms with Crippen molar-refractivity contribution in [3.05, 3.63) is 29.8 Å². The molecule has 108 valence electrons. The molecule has 5 nitrogen and oxygen atoms in total. The number of hydrogen-bond acceptors (Lipinski definition) is 3. The fraction of sp³-hybridized carbons (Fsp3) is 0.467. The molecule has 0 saturated heterocycles. The van der Waals surface area contributed by atoms with Crippen molar-refractivity contribution in [1.82, 2.24) is 4.90 Å². The molecule has 20 heavy (non-hydrogen) atoms. The monoisotopic (exact) mass is 275 g/mol. The van der Waals surface area contributed by atoms with E-state index in [4.69, 9.17) is 5.73 Å². The van der Waals surface area contributed by atoms with Crippen molar-refractivity contribution in [3.63, 3.8) is 0 Å². The van der Waals surface area contributed by atoms with Gasteiger partial charge >= 0.3 is 0 Å². The number of nitrogens with two attached hydrogens (primary N) is 1. The minimum absolute atomic E-state index is 0.0653. The molecule has 0 spiro atoms. The fourth-order valence-electron chi connectivity index (χ4n) is 2.09. The third kappa shape index (κ3) is 2.99. The lowest BCUT2D eigenvalue weighted by Gasteiger charge is -2.23. The van der Waals surface area contributed by atoms with Crippen molar-refractivity contribution >= 4 is 17.5 Å². The summed E-state index contributed by atoms with van der Waals surface area (Å²) in [5.74, 6) is 0.0355. The Hall–Kier alpha value is -1.88. The first-order valence-corrected chi connectivity index (χ1v) is 6.74. The first-order valence-electron chi connectivity index (χ1n) is 6.74. The van der Waals surface area contributed by atoms with Crippen LogP contribution in [0.3, 0.4) is 0 Å². The number of amides is 2. The van der Waals surface area contributed by atoms with E-state index in [1.807, 2.05) is 0 Å². The van der Waals surface area contributed by atoms with E-state index in [1.165, 1.54) is 4.90 Å². The van der Waals surface area contributed by atoms with Crippen molar-refractivity contribution in [2.75, 3.05) is 19.4 Å². The molecular weight excluding hydrogens is 254 g/mol. The average molecular weight is 275 g/mol. The molecule has 1 unspecified atom stereocenters. The van der Waals surface area contributed by atoms with Crippen molar-refractivity contribution < 1.29 is 9.59 Å². The summed E-state index contributed by atoms with van der Waals surface area (Å²) < 4.78 is 0. The summed E-state index contributed by atoms with van der Waals surface area (Å²) in [6.45, 7) is 1.77. The minimum atomic E-state index is -0.821. The summed E-state index contributed by atoms with van der Waals surface area (Å²) in [6.07, 6.45) is 2.02. The number of hydrogen-bond donors (Lipinski definition) is 2. The van der Waals surface area contributed by atoms with Gasteiger partial charge in [0.1, 0.15) is 0 Å². The molecule has 0 bridgehead atoms. The van der Waals surface area contributed by atoms with Crippen LogP contribution in [0.2, 0.25) is 0 Å². The molecule has 1 aliphatic rings. The normalized spacial score (nSPS) is 17.2. The number of carbonyl (C=O) groups excluding carboxylic acids is 2. The molecule has 1 aromatic carbocycles. The van der Waals surface area contributed by atoms with Gasteiger partial charge in [0.25, 0.3) is 5.91 Å². The summed E-state index contributed by atoms with van der Waals surface area (Å²) in [5.41, 5.74) is 6.48.